The van der Waals surface area contributed by atoms with Gasteiger partial charge in [-0.15, -0.1) is 0 Å². The van der Waals surface area contributed by atoms with Crippen LogP contribution in [0, 0.1) is 5.92 Å². The lowest BCUT2D eigenvalue weighted by Gasteiger charge is -2.31. The third-order valence-corrected chi connectivity index (χ3v) is 6.67. The van der Waals surface area contributed by atoms with Gasteiger partial charge in [0.05, 0.1) is 17.9 Å². The van der Waals surface area contributed by atoms with E-state index in [2.05, 4.69) is 10.9 Å². The molecule has 29 heavy (non-hydrogen) atoms. The maximum Gasteiger partial charge on any atom is 0.269 e. The fourth-order valence-electron chi connectivity index (χ4n) is 3.15. The molecule has 2 aromatic carbocycles. The number of rotatable bonds is 5. The Bertz CT molecular complexity index is 961. The summed E-state index contributed by atoms with van der Waals surface area (Å²) in [6, 6.07) is 14.6. The van der Waals surface area contributed by atoms with Crippen LogP contribution in [-0.4, -0.2) is 44.7 Å². The third kappa shape index (κ3) is 4.93. The molecule has 1 fully saturated rings. The number of hydrogen-bond donors (Lipinski definition) is 2. The van der Waals surface area contributed by atoms with E-state index in [1.165, 1.54) is 23.5 Å². The van der Waals surface area contributed by atoms with Gasteiger partial charge in [-0.2, -0.15) is 4.31 Å². The second-order valence-corrected chi connectivity index (χ2v) is 8.63. The summed E-state index contributed by atoms with van der Waals surface area (Å²) in [5, 5.41) is 0. The van der Waals surface area contributed by atoms with Crippen LogP contribution in [0.2, 0.25) is 0 Å². The van der Waals surface area contributed by atoms with Gasteiger partial charge in [-0.3, -0.25) is 20.4 Å². The zero-order valence-electron chi connectivity index (χ0n) is 16.0. The minimum absolute atomic E-state index is 0.0569. The lowest BCUT2D eigenvalue weighted by atomic mass is 9.99. The van der Waals surface area contributed by atoms with Gasteiger partial charge in [0.15, 0.2) is 0 Å². The van der Waals surface area contributed by atoms with Gasteiger partial charge in [-0.05, 0) is 49.2 Å². The number of ether oxygens (including phenoxy) is 1. The van der Waals surface area contributed by atoms with Crippen LogP contribution in [-0.2, 0) is 14.8 Å². The fourth-order valence-corrected chi connectivity index (χ4v) is 4.68. The molecule has 2 N–H and O–H groups in total. The number of nitrogens with one attached hydrogen (secondary N) is 2. The molecule has 1 aliphatic heterocycles. The predicted octanol–water partition coefficient (Wildman–Crippen LogP) is 1.56. The molecule has 0 aromatic heterocycles. The molecule has 1 unspecified atom stereocenters. The van der Waals surface area contributed by atoms with Crippen LogP contribution in [0.5, 0.6) is 5.75 Å². The Morgan fingerprint density at radius 1 is 1.03 bits per heavy atom. The van der Waals surface area contributed by atoms with E-state index in [9.17, 15) is 18.0 Å². The number of benzene rings is 2. The summed E-state index contributed by atoms with van der Waals surface area (Å²) < 4.78 is 32.1. The van der Waals surface area contributed by atoms with E-state index in [-0.39, 0.29) is 11.4 Å². The number of amides is 2. The van der Waals surface area contributed by atoms with Gasteiger partial charge in [0.2, 0.25) is 15.9 Å². The van der Waals surface area contributed by atoms with E-state index in [0.29, 0.717) is 30.7 Å². The van der Waals surface area contributed by atoms with Crippen molar-refractivity contribution in [3.05, 3.63) is 60.2 Å². The van der Waals surface area contributed by atoms with E-state index in [4.69, 9.17) is 4.74 Å². The molecule has 1 saturated heterocycles. The normalized spacial score (nSPS) is 17.3. The van der Waals surface area contributed by atoms with Crippen LogP contribution >= 0.6 is 0 Å². The number of hydrogen-bond acceptors (Lipinski definition) is 5. The van der Waals surface area contributed by atoms with Gasteiger partial charge in [0, 0.05) is 18.7 Å². The van der Waals surface area contributed by atoms with Crippen molar-refractivity contribution in [3.8, 4) is 5.75 Å². The number of hydrazine groups is 1. The number of piperidine rings is 1. The standard InChI is InChI=1S/C20H23N3O5S/c1-28-17-9-11-18(12-10-17)29(26,27)23-13-5-8-16(14-23)20(25)22-21-19(24)15-6-3-2-4-7-15/h2-4,6-7,9-12,16H,5,8,13-14H2,1H3,(H,21,24)(H,22,25). The minimum atomic E-state index is -3.72. The van der Waals surface area contributed by atoms with Crippen LogP contribution in [0.25, 0.3) is 0 Å². The Labute approximate surface area is 169 Å². The summed E-state index contributed by atoms with van der Waals surface area (Å²) in [6.07, 6.45) is 1.10. The number of nitrogens with zero attached hydrogens (tertiary/aromatic N) is 1. The highest BCUT2D eigenvalue weighted by Crippen LogP contribution is 2.25. The third-order valence-electron chi connectivity index (χ3n) is 4.79. The lowest BCUT2D eigenvalue weighted by Crippen LogP contribution is -2.50. The zero-order chi connectivity index (χ0) is 20.9. The number of sulfonamides is 1. The SMILES string of the molecule is COc1ccc(S(=O)(=O)N2CCCC(C(=O)NNC(=O)c3ccccc3)C2)cc1. The van der Waals surface area contributed by atoms with Gasteiger partial charge in [-0.25, -0.2) is 8.42 Å². The molecule has 2 amide bonds. The van der Waals surface area contributed by atoms with Crippen molar-refractivity contribution in [1.29, 1.82) is 0 Å². The molecule has 0 spiro atoms. The average molecular weight is 417 g/mol. The largest absolute Gasteiger partial charge is 0.497 e. The Balaban J connectivity index is 1.61. The highest BCUT2D eigenvalue weighted by molar-refractivity contribution is 7.89. The molecule has 0 radical (unpaired) electrons. The molecule has 1 heterocycles. The molecule has 0 saturated carbocycles. The first-order valence-corrected chi connectivity index (χ1v) is 10.7. The van der Waals surface area contributed by atoms with Crippen molar-refractivity contribution in [1.82, 2.24) is 15.2 Å². The zero-order valence-corrected chi connectivity index (χ0v) is 16.8. The van der Waals surface area contributed by atoms with Crippen molar-refractivity contribution < 1.29 is 22.7 Å². The first-order valence-electron chi connectivity index (χ1n) is 9.21. The quantitative estimate of drug-likeness (QED) is 0.719. The molecule has 0 aliphatic carbocycles. The van der Waals surface area contributed by atoms with Gasteiger partial charge >= 0.3 is 0 Å². The molecule has 8 nitrogen and oxygen atoms in total. The van der Waals surface area contributed by atoms with Crippen molar-refractivity contribution in [2.45, 2.75) is 17.7 Å². The van der Waals surface area contributed by atoms with Crippen LogP contribution in [0.3, 0.4) is 0 Å². The molecule has 1 atom stereocenters. The lowest BCUT2D eigenvalue weighted by molar-refractivity contribution is -0.126. The monoisotopic (exact) mass is 417 g/mol. The molecule has 3 rings (SSSR count). The molecule has 0 bridgehead atoms. The van der Waals surface area contributed by atoms with E-state index >= 15 is 0 Å². The molecule has 9 heteroatoms. The van der Waals surface area contributed by atoms with E-state index in [1.807, 2.05) is 0 Å². The molecule has 154 valence electrons. The van der Waals surface area contributed by atoms with Crippen molar-refractivity contribution in [3.63, 3.8) is 0 Å². The summed E-state index contributed by atoms with van der Waals surface area (Å²) in [5.74, 6) is -0.830. The summed E-state index contributed by atoms with van der Waals surface area (Å²) in [7, 11) is -2.21. The second kappa shape index (κ2) is 9.06. The maximum absolute atomic E-state index is 12.9. The summed E-state index contributed by atoms with van der Waals surface area (Å²) in [5.41, 5.74) is 5.19. The van der Waals surface area contributed by atoms with Crippen molar-refractivity contribution in [2.75, 3.05) is 20.2 Å². The van der Waals surface area contributed by atoms with Gasteiger partial charge in [-0.1, -0.05) is 18.2 Å². The Hall–Kier alpha value is -2.91. The Morgan fingerprint density at radius 2 is 1.72 bits per heavy atom. The second-order valence-electron chi connectivity index (χ2n) is 6.69. The van der Waals surface area contributed by atoms with Crippen LogP contribution < -0.4 is 15.6 Å². The van der Waals surface area contributed by atoms with Gasteiger partial charge in [0.25, 0.3) is 5.91 Å². The number of methoxy groups -OCH3 is 1. The molecule has 1 aliphatic rings. The number of carbonyl (C=O) groups excluding carboxylic acids is 2. The van der Waals surface area contributed by atoms with Crippen LogP contribution in [0.15, 0.2) is 59.5 Å². The topological polar surface area (TPSA) is 105 Å². The highest BCUT2D eigenvalue weighted by Gasteiger charge is 2.33. The Morgan fingerprint density at radius 3 is 2.38 bits per heavy atom. The first-order chi connectivity index (χ1) is 13.9. The van der Waals surface area contributed by atoms with Crippen LogP contribution in [0.4, 0.5) is 0 Å². The minimum Gasteiger partial charge on any atom is -0.497 e. The molecular weight excluding hydrogens is 394 g/mol. The Kier molecular flexibility index (Phi) is 6.50. The summed E-state index contributed by atoms with van der Waals surface area (Å²) >= 11 is 0. The van der Waals surface area contributed by atoms with Crippen LogP contribution in [0.1, 0.15) is 23.2 Å². The first kappa shape index (κ1) is 20.8. The summed E-state index contributed by atoms with van der Waals surface area (Å²) in [6.45, 7) is 0.399. The van der Waals surface area contributed by atoms with E-state index < -0.39 is 27.8 Å². The predicted molar refractivity (Wildman–Crippen MR) is 107 cm³/mol. The molecular formula is C20H23N3O5S. The average Bonchev–Trinajstić information content (AvgIpc) is 2.78. The van der Waals surface area contributed by atoms with Gasteiger partial charge < -0.3 is 4.74 Å². The van der Waals surface area contributed by atoms with Gasteiger partial charge in [0.1, 0.15) is 5.75 Å². The maximum atomic E-state index is 12.9. The van der Waals surface area contributed by atoms with E-state index in [0.717, 1.165) is 0 Å². The number of carbonyl (C=O) groups is 2. The summed E-state index contributed by atoms with van der Waals surface area (Å²) in [4.78, 5) is 24.7. The van der Waals surface area contributed by atoms with Crippen molar-refractivity contribution >= 4 is 21.8 Å². The van der Waals surface area contributed by atoms with E-state index in [1.54, 1.807) is 42.5 Å². The molecule has 2 aromatic rings. The fraction of sp³-hybridized carbons (Fsp3) is 0.300. The van der Waals surface area contributed by atoms with Crippen molar-refractivity contribution in [2.24, 2.45) is 5.92 Å². The highest BCUT2D eigenvalue weighted by atomic mass is 32.2. The smallest absolute Gasteiger partial charge is 0.269 e.